The molecule has 0 aliphatic carbocycles. The van der Waals surface area contributed by atoms with Gasteiger partial charge in [0.15, 0.2) is 9.84 Å². The molecule has 0 radical (unpaired) electrons. The molecule has 2 aromatic heterocycles. The zero-order valence-electron chi connectivity index (χ0n) is 18.2. The SMILES string of the molecule is CCOC(C)(C)CCc1ccc(-c2ncc(Cl)cc2-c2ccc(S(C)(=O)=O)cc2)cn1. The van der Waals surface area contributed by atoms with Crippen LogP contribution in [0.5, 0.6) is 0 Å². The average Bonchev–Trinajstić information content (AvgIpc) is 2.72. The van der Waals surface area contributed by atoms with Gasteiger partial charge in [-0.15, -0.1) is 0 Å². The second-order valence-corrected chi connectivity index (χ2v) is 10.5. The van der Waals surface area contributed by atoms with Gasteiger partial charge in [-0.3, -0.25) is 9.97 Å². The molecule has 0 atom stereocenters. The molecule has 2 heterocycles. The Morgan fingerprint density at radius 1 is 1.00 bits per heavy atom. The predicted molar refractivity (Wildman–Crippen MR) is 125 cm³/mol. The molecule has 0 bridgehead atoms. The first-order valence-electron chi connectivity index (χ1n) is 10.1. The summed E-state index contributed by atoms with van der Waals surface area (Å²) in [5.41, 5.74) is 4.07. The Hall–Kier alpha value is -2.28. The van der Waals surface area contributed by atoms with E-state index in [2.05, 4.69) is 23.8 Å². The molecule has 0 amide bonds. The van der Waals surface area contributed by atoms with Gasteiger partial charge < -0.3 is 4.74 Å². The van der Waals surface area contributed by atoms with Crippen LogP contribution in [0.4, 0.5) is 0 Å². The quantitative estimate of drug-likeness (QED) is 0.438. The lowest BCUT2D eigenvalue weighted by Crippen LogP contribution is -2.25. The van der Waals surface area contributed by atoms with E-state index in [1.807, 2.05) is 31.3 Å². The summed E-state index contributed by atoms with van der Waals surface area (Å²) in [6.45, 7) is 6.86. The monoisotopic (exact) mass is 458 g/mol. The minimum atomic E-state index is -3.26. The Bertz CT molecular complexity index is 1140. The van der Waals surface area contributed by atoms with E-state index in [1.165, 1.54) is 6.26 Å². The Morgan fingerprint density at radius 3 is 2.26 bits per heavy atom. The molecule has 31 heavy (non-hydrogen) atoms. The maximum absolute atomic E-state index is 11.8. The Morgan fingerprint density at radius 2 is 1.68 bits per heavy atom. The maximum Gasteiger partial charge on any atom is 0.175 e. The minimum Gasteiger partial charge on any atom is -0.376 e. The third kappa shape index (κ3) is 6.12. The van der Waals surface area contributed by atoms with Crippen molar-refractivity contribution in [2.24, 2.45) is 0 Å². The van der Waals surface area contributed by atoms with E-state index >= 15 is 0 Å². The molecule has 0 fully saturated rings. The molecule has 0 saturated heterocycles. The normalized spacial score (nSPS) is 12.2. The van der Waals surface area contributed by atoms with Crippen molar-refractivity contribution in [1.82, 2.24) is 9.97 Å². The standard InChI is InChI=1S/C24H27ClN2O3S/c1-5-30-24(2,3)13-12-20-9-6-18(15-26-20)23-22(14-19(25)16-27-23)17-7-10-21(11-8-17)31(4,28)29/h6-11,14-16H,5,12-13H2,1-4H3. The van der Waals surface area contributed by atoms with Gasteiger partial charge in [0, 0.05) is 42.1 Å². The van der Waals surface area contributed by atoms with E-state index in [0.717, 1.165) is 40.9 Å². The van der Waals surface area contributed by atoms with Crippen molar-refractivity contribution >= 4 is 21.4 Å². The van der Waals surface area contributed by atoms with Crippen LogP contribution < -0.4 is 0 Å². The molecule has 0 N–H and O–H groups in total. The number of pyridine rings is 2. The average molecular weight is 459 g/mol. The summed E-state index contributed by atoms with van der Waals surface area (Å²) in [6.07, 6.45) is 6.31. The lowest BCUT2D eigenvalue weighted by molar-refractivity contribution is -0.0159. The van der Waals surface area contributed by atoms with Crippen LogP contribution in [0.25, 0.3) is 22.4 Å². The molecule has 0 aliphatic heterocycles. The van der Waals surface area contributed by atoms with Crippen molar-refractivity contribution in [3.63, 3.8) is 0 Å². The lowest BCUT2D eigenvalue weighted by Gasteiger charge is -2.24. The molecule has 3 rings (SSSR count). The molecule has 7 heteroatoms. The van der Waals surface area contributed by atoms with Gasteiger partial charge in [-0.25, -0.2) is 8.42 Å². The number of nitrogens with zero attached hydrogens (tertiary/aromatic N) is 2. The molecule has 3 aromatic rings. The molecule has 0 spiro atoms. The van der Waals surface area contributed by atoms with Crippen molar-refractivity contribution < 1.29 is 13.2 Å². The van der Waals surface area contributed by atoms with Gasteiger partial charge in [0.2, 0.25) is 0 Å². The van der Waals surface area contributed by atoms with Crippen molar-refractivity contribution in [2.75, 3.05) is 12.9 Å². The van der Waals surface area contributed by atoms with E-state index < -0.39 is 9.84 Å². The van der Waals surface area contributed by atoms with Crippen molar-refractivity contribution in [2.45, 2.75) is 44.1 Å². The van der Waals surface area contributed by atoms with Gasteiger partial charge >= 0.3 is 0 Å². The van der Waals surface area contributed by atoms with Crippen LogP contribution >= 0.6 is 11.6 Å². The second-order valence-electron chi connectivity index (χ2n) is 8.08. The van der Waals surface area contributed by atoms with Crippen molar-refractivity contribution in [1.29, 1.82) is 0 Å². The zero-order chi connectivity index (χ0) is 22.6. The molecule has 0 unspecified atom stereocenters. The largest absolute Gasteiger partial charge is 0.376 e. The summed E-state index contributed by atoms with van der Waals surface area (Å²) >= 11 is 6.21. The van der Waals surface area contributed by atoms with E-state index in [4.69, 9.17) is 16.3 Å². The summed E-state index contributed by atoms with van der Waals surface area (Å²) in [4.78, 5) is 9.41. The number of rotatable bonds is 8. The Kier molecular flexibility index (Phi) is 7.14. The van der Waals surface area contributed by atoms with Crippen LogP contribution in [0.2, 0.25) is 5.02 Å². The number of aryl methyl sites for hydroxylation is 1. The number of ether oxygens (including phenoxy) is 1. The fourth-order valence-electron chi connectivity index (χ4n) is 3.38. The number of aromatic nitrogens is 2. The first kappa shape index (κ1) is 23.4. The number of benzene rings is 1. The molecular formula is C24H27ClN2O3S. The summed E-state index contributed by atoms with van der Waals surface area (Å²) in [6, 6.07) is 12.6. The number of hydrogen-bond donors (Lipinski definition) is 0. The van der Waals surface area contributed by atoms with Crippen LogP contribution in [0.1, 0.15) is 32.9 Å². The highest BCUT2D eigenvalue weighted by molar-refractivity contribution is 7.90. The molecule has 1 aromatic carbocycles. The van der Waals surface area contributed by atoms with E-state index in [0.29, 0.717) is 11.6 Å². The highest BCUT2D eigenvalue weighted by Gasteiger charge is 2.18. The molecule has 0 saturated carbocycles. The first-order chi connectivity index (χ1) is 14.6. The van der Waals surface area contributed by atoms with Gasteiger partial charge in [-0.1, -0.05) is 23.7 Å². The maximum atomic E-state index is 11.8. The summed E-state index contributed by atoms with van der Waals surface area (Å²) in [5, 5.41) is 0.508. The molecular weight excluding hydrogens is 432 g/mol. The van der Waals surface area contributed by atoms with Crippen LogP contribution in [-0.4, -0.2) is 36.8 Å². The fraction of sp³-hybridized carbons (Fsp3) is 0.333. The number of halogens is 1. The molecule has 0 aliphatic rings. The topological polar surface area (TPSA) is 69.2 Å². The highest BCUT2D eigenvalue weighted by Crippen LogP contribution is 2.33. The summed E-state index contributed by atoms with van der Waals surface area (Å²) in [7, 11) is -3.26. The molecule has 164 valence electrons. The Balaban J connectivity index is 1.88. The number of sulfone groups is 1. The van der Waals surface area contributed by atoms with Gasteiger partial charge in [0.25, 0.3) is 0 Å². The van der Waals surface area contributed by atoms with Gasteiger partial charge in [-0.2, -0.15) is 0 Å². The van der Waals surface area contributed by atoms with Gasteiger partial charge in [0.05, 0.1) is 21.2 Å². The third-order valence-electron chi connectivity index (χ3n) is 5.06. The summed E-state index contributed by atoms with van der Waals surface area (Å²) in [5.74, 6) is 0. The van der Waals surface area contributed by atoms with Crippen molar-refractivity contribution in [3.8, 4) is 22.4 Å². The van der Waals surface area contributed by atoms with Crippen LogP contribution in [0, 0.1) is 0 Å². The first-order valence-corrected chi connectivity index (χ1v) is 12.4. The highest BCUT2D eigenvalue weighted by atomic mass is 35.5. The zero-order valence-corrected chi connectivity index (χ0v) is 19.8. The molecule has 5 nitrogen and oxygen atoms in total. The smallest absolute Gasteiger partial charge is 0.175 e. The second kappa shape index (κ2) is 9.47. The van der Waals surface area contributed by atoms with E-state index in [9.17, 15) is 8.42 Å². The Labute approximate surface area is 189 Å². The van der Waals surface area contributed by atoms with Gasteiger partial charge in [0.1, 0.15) is 0 Å². The van der Waals surface area contributed by atoms with Gasteiger partial charge in [-0.05, 0) is 69.5 Å². The number of hydrogen-bond acceptors (Lipinski definition) is 5. The van der Waals surface area contributed by atoms with E-state index in [1.54, 1.807) is 30.5 Å². The third-order valence-corrected chi connectivity index (χ3v) is 6.40. The lowest BCUT2D eigenvalue weighted by atomic mass is 9.99. The van der Waals surface area contributed by atoms with Crippen LogP contribution in [0.3, 0.4) is 0 Å². The fourth-order valence-corrected chi connectivity index (χ4v) is 4.16. The van der Waals surface area contributed by atoms with Crippen LogP contribution in [-0.2, 0) is 21.0 Å². The predicted octanol–water partition coefficient (Wildman–Crippen LogP) is 5.62. The summed E-state index contributed by atoms with van der Waals surface area (Å²) < 4.78 is 29.3. The minimum absolute atomic E-state index is 0.182. The van der Waals surface area contributed by atoms with E-state index in [-0.39, 0.29) is 10.5 Å². The van der Waals surface area contributed by atoms with Crippen LogP contribution in [0.15, 0.2) is 59.8 Å². The van der Waals surface area contributed by atoms with Crippen molar-refractivity contribution in [3.05, 3.63) is 65.6 Å².